The Morgan fingerprint density at radius 1 is 1.11 bits per heavy atom. The molecular weight excluding hydrogens is 352 g/mol. The van der Waals surface area contributed by atoms with Gasteiger partial charge in [-0.05, 0) is 63.1 Å². The Kier molecular flexibility index (Phi) is 4.93. The maximum absolute atomic E-state index is 12.2. The summed E-state index contributed by atoms with van der Waals surface area (Å²) in [6, 6.07) is 15.2. The second-order valence-electron chi connectivity index (χ2n) is 6.97. The minimum Gasteiger partial charge on any atom is -0.455 e. The molecule has 0 radical (unpaired) electrons. The number of aromatic nitrogens is 2. The van der Waals surface area contributed by atoms with Gasteiger partial charge < -0.3 is 15.4 Å². The molecule has 0 atom stereocenters. The summed E-state index contributed by atoms with van der Waals surface area (Å²) in [6.45, 7) is 3.87. The van der Waals surface area contributed by atoms with Crippen LogP contribution < -0.4 is 15.4 Å². The second-order valence-corrected chi connectivity index (χ2v) is 6.97. The second kappa shape index (κ2) is 7.68. The molecule has 1 fully saturated rings. The van der Waals surface area contributed by atoms with E-state index >= 15 is 0 Å². The Bertz CT molecular complexity index is 1010. The summed E-state index contributed by atoms with van der Waals surface area (Å²) in [7, 11) is 0. The van der Waals surface area contributed by atoms with Crippen molar-refractivity contribution in [3.63, 3.8) is 0 Å². The summed E-state index contributed by atoms with van der Waals surface area (Å²) in [4.78, 5) is 21.0. The van der Waals surface area contributed by atoms with Crippen molar-refractivity contribution in [3.05, 3.63) is 71.7 Å². The van der Waals surface area contributed by atoms with E-state index in [0.717, 1.165) is 29.9 Å². The Hall–Kier alpha value is -3.41. The summed E-state index contributed by atoms with van der Waals surface area (Å²) in [6.07, 6.45) is 3.81. The number of rotatable bonds is 6. The zero-order chi connectivity index (χ0) is 19.5. The lowest BCUT2D eigenvalue weighted by molar-refractivity contribution is 0.0951. The molecule has 1 aliphatic rings. The minimum atomic E-state index is -0.0430. The lowest BCUT2D eigenvalue weighted by Gasteiger charge is -2.11. The zero-order valence-electron chi connectivity index (χ0n) is 15.9. The van der Waals surface area contributed by atoms with Crippen LogP contribution >= 0.6 is 0 Å². The van der Waals surface area contributed by atoms with E-state index < -0.39 is 0 Å². The molecule has 2 heterocycles. The van der Waals surface area contributed by atoms with Gasteiger partial charge in [0, 0.05) is 35.2 Å². The van der Waals surface area contributed by atoms with E-state index in [2.05, 4.69) is 20.6 Å². The highest BCUT2D eigenvalue weighted by molar-refractivity contribution is 5.95. The van der Waals surface area contributed by atoms with E-state index in [0.29, 0.717) is 28.9 Å². The molecule has 1 aromatic carbocycles. The van der Waals surface area contributed by atoms with Crippen LogP contribution in [-0.2, 0) is 0 Å². The van der Waals surface area contributed by atoms with E-state index in [1.165, 1.54) is 0 Å². The zero-order valence-corrected chi connectivity index (χ0v) is 15.9. The number of nitrogens with one attached hydrogen (secondary N) is 2. The third kappa shape index (κ3) is 4.46. The molecule has 2 N–H and O–H groups in total. The van der Waals surface area contributed by atoms with Gasteiger partial charge in [-0.25, -0.2) is 4.98 Å². The van der Waals surface area contributed by atoms with Crippen LogP contribution in [0.25, 0.3) is 0 Å². The number of carbonyl (C=O) groups is 1. The molecule has 1 saturated carbocycles. The predicted octanol–water partition coefficient (Wildman–Crippen LogP) is 4.52. The Morgan fingerprint density at radius 2 is 1.96 bits per heavy atom. The molecule has 28 heavy (non-hydrogen) atoms. The van der Waals surface area contributed by atoms with Gasteiger partial charge in [0.1, 0.15) is 17.3 Å². The van der Waals surface area contributed by atoms with Gasteiger partial charge in [0.15, 0.2) is 0 Å². The molecule has 0 saturated heterocycles. The van der Waals surface area contributed by atoms with E-state index in [1.807, 2.05) is 56.3 Å². The molecule has 0 spiro atoms. The Morgan fingerprint density at radius 3 is 2.75 bits per heavy atom. The molecule has 0 aliphatic heterocycles. The predicted molar refractivity (Wildman–Crippen MR) is 108 cm³/mol. The molecular formula is C22H22N4O2. The van der Waals surface area contributed by atoms with E-state index in [4.69, 9.17) is 4.74 Å². The number of anilines is 2. The van der Waals surface area contributed by atoms with E-state index in [1.54, 1.807) is 12.3 Å². The first kappa shape index (κ1) is 18.0. The van der Waals surface area contributed by atoms with Crippen LogP contribution in [0.5, 0.6) is 11.5 Å². The van der Waals surface area contributed by atoms with Crippen LogP contribution in [0.3, 0.4) is 0 Å². The van der Waals surface area contributed by atoms with Gasteiger partial charge in [-0.15, -0.1) is 0 Å². The van der Waals surface area contributed by atoms with Gasteiger partial charge in [-0.1, -0.05) is 6.07 Å². The highest BCUT2D eigenvalue weighted by Crippen LogP contribution is 2.26. The van der Waals surface area contributed by atoms with Crippen LogP contribution in [0.15, 0.2) is 54.7 Å². The van der Waals surface area contributed by atoms with Crippen LogP contribution in [0.2, 0.25) is 0 Å². The van der Waals surface area contributed by atoms with Crippen LogP contribution in [0.4, 0.5) is 11.5 Å². The lowest BCUT2D eigenvalue weighted by atomic mass is 10.2. The number of amides is 1. The molecule has 3 aromatic rings. The number of nitrogens with zero attached hydrogens (tertiary/aromatic N) is 2. The SMILES string of the molecule is Cc1ccc(Oc2ccnc(Nc3cccc(C(=O)NC4CC4)c3)c2)c(C)n1. The third-order valence-corrected chi connectivity index (χ3v) is 4.45. The third-order valence-electron chi connectivity index (χ3n) is 4.45. The molecule has 0 unspecified atom stereocenters. The van der Waals surface area contributed by atoms with Crippen LogP contribution in [0, 0.1) is 13.8 Å². The highest BCUT2D eigenvalue weighted by Gasteiger charge is 2.23. The van der Waals surface area contributed by atoms with Crippen LogP contribution in [0.1, 0.15) is 34.6 Å². The first-order valence-corrected chi connectivity index (χ1v) is 9.33. The van der Waals surface area contributed by atoms with Crippen molar-refractivity contribution in [2.45, 2.75) is 32.7 Å². The van der Waals surface area contributed by atoms with Crippen molar-refractivity contribution in [3.8, 4) is 11.5 Å². The normalized spacial score (nSPS) is 13.1. The van der Waals surface area contributed by atoms with Crippen molar-refractivity contribution < 1.29 is 9.53 Å². The quantitative estimate of drug-likeness (QED) is 0.663. The molecule has 1 aliphatic carbocycles. The fourth-order valence-electron chi connectivity index (χ4n) is 2.83. The lowest BCUT2D eigenvalue weighted by Crippen LogP contribution is -2.25. The molecule has 4 rings (SSSR count). The van der Waals surface area contributed by atoms with E-state index in [9.17, 15) is 4.79 Å². The topological polar surface area (TPSA) is 76.1 Å². The van der Waals surface area contributed by atoms with E-state index in [-0.39, 0.29) is 5.91 Å². The monoisotopic (exact) mass is 374 g/mol. The maximum Gasteiger partial charge on any atom is 0.251 e. The van der Waals surface area contributed by atoms with Gasteiger partial charge in [-0.3, -0.25) is 9.78 Å². The number of aryl methyl sites for hydroxylation is 2. The first-order chi connectivity index (χ1) is 13.6. The largest absolute Gasteiger partial charge is 0.455 e. The molecule has 1 amide bonds. The average Bonchev–Trinajstić information content (AvgIpc) is 3.49. The van der Waals surface area contributed by atoms with Gasteiger partial charge in [0.2, 0.25) is 0 Å². The van der Waals surface area contributed by atoms with Gasteiger partial charge in [-0.2, -0.15) is 0 Å². The Labute approximate surface area is 164 Å². The Balaban J connectivity index is 1.48. The van der Waals surface area contributed by atoms with Crippen molar-refractivity contribution in [2.24, 2.45) is 0 Å². The van der Waals surface area contributed by atoms with Gasteiger partial charge in [0.05, 0.1) is 5.69 Å². The number of ether oxygens (including phenoxy) is 1. The standard InChI is InChI=1S/C22H22N4O2/c1-14-6-9-20(15(2)24-14)28-19-10-11-23-21(13-19)25-18-5-3-4-16(12-18)22(27)26-17-7-8-17/h3-6,9-13,17H,7-8H2,1-2H3,(H,23,25)(H,26,27). The van der Waals surface area contributed by atoms with Crippen molar-refractivity contribution >= 4 is 17.4 Å². The van der Waals surface area contributed by atoms with Crippen molar-refractivity contribution in [1.82, 2.24) is 15.3 Å². The summed E-state index contributed by atoms with van der Waals surface area (Å²) in [5.41, 5.74) is 3.21. The molecule has 0 bridgehead atoms. The fraction of sp³-hybridized carbons (Fsp3) is 0.227. The number of hydrogen-bond donors (Lipinski definition) is 2. The van der Waals surface area contributed by atoms with Crippen LogP contribution in [-0.4, -0.2) is 21.9 Å². The molecule has 6 nitrogen and oxygen atoms in total. The summed E-state index contributed by atoms with van der Waals surface area (Å²) in [5, 5.41) is 6.23. The van der Waals surface area contributed by atoms with Crippen molar-refractivity contribution in [2.75, 3.05) is 5.32 Å². The summed E-state index contributed by atoms with van der Waals surface area (Å²) < 4.78 is 5.95. The summed E-state index contributed by atoms with van der Waals surface area (Å²) in [5.74, 6) is 1.96. The number of hydrogen-bond acceptors (Lipinski definition) is 5. The maximum atomic E-state index is 12.2. The highest BCUT2D eigenvalue weighted by atomic mass is 16.5. The fourth-order valence-corrected chi connectivity index (χ4v) is 2.83. The molecule has 142 valence electrons. The molecule has 6 heteroatoms. The van der Waals surface area contributed by atoms with Crippen molar-refractivity contribution in [1.29, 1.82) is 0 Å². The number of pyridine rings is 2. The molecule has 2 aromatic heterocycles. The number of benzene rings is 1. The van der Waals surface area contributed by atoms with Gasteiger partial charge in [0.25, 0.3) is 5.91 Å². The minimum absolute atomic E-state index is 0.0430. The summed E-state index contributed by atoms with van der Waals surface area (Å²) >= 11 is 0. The van der Waals surface area contributed by atoms with Gasteiger partial charge >= 0.3 is 0 Å². The average molecular weight is 374 g/mol. The number of carbonyl (C=O) groups excluding carboxylic acids is 1. The first-order valence-electron chi connectivity index (χ1n) is 9.33. The smallest absolute Gasteiger partial charge is 0.251 e.